The quantitative estimate of drug-likeness (QED) is 0.666. The van der Waals surface area contributed by atoms with E-state index >= 15 is 0 Å². The molecule has 0 aliphatic carbocycles. The van der Waals surface area contributed by atoms with Crippen LogP contribution in [0.2, 0.25) is 0 Å². The molecule has 0 nitrogen and oxygen atoms in total. The van der Waals surface area contributed by atoms with E-state index in [1.807, 2.05) is 0 Å². The summed E-state index contributed by atoms with van der Waals surface area (Å²) < 4.78 is 0. The standard InChI is InChI=1S/C12H9PS4/c14-13(10-1-4-15-7-10,11-2-5-16-8-11)12-3-6-17-9-12/h1-9H. The molecular formula is C12H9PS4. The van der Waals surface area contributed by atoms with Gasteiger partial charge in [0.1, 0.15) is 0 Å². The maximum atomic E-state index is 6.09. The van der Waals surface area contributed by atoms with E-state index in [0.717, 1.165) is 0 Å². The molecule has 3 rings (SSSR count). The molecule has 5 heteroatoms. The van der Waals surface area contributed by atoms with Crippen molar-refractivity contribution in [1.82, 2.24) is 0 Å². The first-order valence-corrected chi connectivity index (χ1v) is 10.6. The van der Waals surface area contributed by atoms with Gasteiger partial charge in [-0.25, -0.2) is 0 Å². The van der Waals surface area contributed by atoms with Gasteiger partial charge in [0.15, 0.2) is 0 Å². The molecule has 0 unspecified atom stereocenters. The second kappa shape index (κ2) is 4.79. The summed E-state index contributed by atoms with van der Waals surface area (Å²) in [6.45, 7) is 0. The summed E-state index contributed by atoms with van der Waals surface area (Å²) in [6, 6.07) is 4.78. The van der Waals surface area contributed by atoms with Gasteiger partial charge in [-0.05, 0) is 50.5 Å². The largest absolute Gasteiger partial charge is 0.152 e. The predicted octanol–water partition coefficient (Wildman–Crippen LogP) is 3.63. The molecule has 0 N–H and O–H groups in total. The Hall–Kier alpha value is -0.250. The summed E-state index contributed by atoms with van der Waals surface area (Å²) in [7, 11) is 0. The van der Waals surface area contributed by atoms with Crippen LogP contribution in [0.15, 0.2) is 50.5 Å². The van der Waals surface area contributed by atoms with Crippen LogP contribution in [0.5, 0.6) is 0 Å². The predicted molar refractivity (Wildman–Crippen MR) is 86.1 cm³/mol. The Kier molecular flexibility index (Phi) is 3.33. The van der Waals surface area contributed by atoms with E-state index in [1.165, 1.54) is 15.9 Å². The van der Waals surface area contributed by atoms with Crippen molar-refractivity contribution >= 4 is 67.8 Å². The zero-order valence-electron chi connectivity index (χ0n) is 8.78. The molecule has 0 atom stereocenters. The van der Waals surface area contributed by atoms with Gasteiger partial charge >= 0.3 is 0 Å². The van der Waals surface area contributed by atoms with Crippen molar-refractivity contribution in [2.75, 3.05) is 0 Å². The highest BCUT2D eigenvalue weighted by atomic mass is 32.4. The van der Waals surface area contributed by atoms with Gasteiger partial charge in [0, 0.05) is 22.0 Å². The van der Waals surface area contributed by atoms with E-state index in [4.69, 9.17) is 11.8 Å². The Morgan fingerprint density at radius 3 is 1.29 bits per heavy atom. The molecule has 0 aliphatic rings. The molecule has 0 saturated heterocycles. The van der Waals surface area contributed by atoms with Crippen LogP contribution in [0, 0.1) is 0 Å². The Morgan fingerprint density at radius 1 is 0.706 bits per heavy atom. The normalized spacial score (nSPS) is 11.8. The summed E-state index contributed by atoms with van der Waals surface area (Å²) >= 11 is 11.3. The van der Waals surface area contributed by atoms with Crippen molar-refractivity contribution in [3.63, 3.8) is 0 Å². The maximum absolute atomic E-state index is 6.09. The lowest BCUT2D eigenvalue weighted by Gasteiger charge is -2.19. The van der Waals surface area contributed by atoms with Crippen LogP contribution in [0.25, 0.3) is 0 Å². The monoisotopic (exact) mass is 312 g/mol. The van der Waals surface area contributed by atoms with E-state index in [-0.39, 0.29) is 0 Å². The van der Waals surface area contributed by atoms with Crippen molar-refractivity contribution in [2.45, 2.75) is 0 Å². The Labute approximate surface area is 118 Å². The first-order chi connectivity index (χ1) is 8.32. The molecule has 0 bridgehead atoms. The second-order valence-corrected chi connectivity index (χ2v) is 10.3. The number of rotatable bonds is 3. The lowest BCUT2D eigenvalue weighted by molar-refractivity contribution is 2.05. The molecule has 0 spiro atoms. The zero-order chi connectivity index (χ0) is 11.7. The average molecular weight is 312 g/mol. The molecule has 3 aromatic rings. The fraction of sp³-hybridized carbons (Fsp3) is 0. The Morgan fingerprint density at radius 2 is 1.06 bits per heavy atom. The topological polar surface area (TPSA) is 0 Å². The van der Waals surface area contributed by atoms with Crippen LogP contribution in [0.4, 0.5) is 0 Å². The van der Waals surface area contributed by atoms with Crippen LogP contribution in [0.3, 0.4) is 0 Å². The van der Waals surface area contributed by atoms with Gasteiger partial charge in [-0.2, -0.15) is 34.0 Å². The number of hydrogen-bond acceptors (Lipinski definition) is 4. The van der Waals surface area contributed by atoms with Gasteiger partial charge in [0.25, 0.3) is 0 Å². The molecule has 0 saturated carbocycles. The fourth-order valence-corrected chi connectivity index (χ4v) is 9.41. The van der Waals surface area contributed by atoms with E-state index in [2.05, 4.69) is 50.5 Å². The van der Waals surface area contributed by atoms with Crippen molar-refractivity contribution in [2.24, 2.45) is 0 Å². The van der Waals surface area contributed by atoms with Crippen LogP contribution >= 0.6 is 40.0 Å². The number of thiophene rings is 3. The first-order valence-electron chi connectivity index (χ1n) is 5.00. The third-order valence-electron chi connectivity index (χ3n) is 2.61. The zero-order valence-corrected chi connectivity index (χ0v) is 12.9. The van der Waals surface area contributed by atoms with Crippen molar-refractivity contribution in [3.05, 3.63) is 50.5 Å². The van der Waals surface area contributed by atoms with Crippen LogP contribution in [0.1, 0.15) is 0 Å². The molecular weight excluding hydrogens is 303 g/mol. The third kappa shape index (κ3) is 1.98. The molecule has 3 heterocycles. The Balaban J connectivity index is 2.26. The smallest absolute Gasteiger partial charge is 0.0403 e. The van der Waals surface area contributed by atoms with Crippen molar-refractivity contribution in [1.29, 1.82) is 0 Å². The van der Waals surface area contributed by atoms with Crippen LogP contribution < -0.4 is 15.9 Å². The van der Waals surface area contributed by atoms with Crippen LogP contribution in [-0.2, 0) is 11.8 Å². The Bertz CT molecular complexity index is 529. The van der Waals surface area contributed by atoms with Gasteiger partial charge < -0.3 is 0 Å². The lowest BCUT2D eigenvalue weighted by atomic mass is 10.6. The lowest BCUT2D eigenvalue weighted by Crippen LogP contribution is -2.21. The molecule has 0 amide bonds. The van der Waals surface area contributed by atoms with Gasteiger partial charge in [0.05, 0.1) is 0 Å². The summed E-state index contributed by atoms with van der Waals surface area (Å²) in [5.74, 6) is 0. The van der Waals surface area contributed by atoms with Gasteiger partial charge in [-0.15, -0.1) is 0 Å². The highest BCUT2D eigenvalue weighted by molar-refractivity contribution is 8.25. The minimum Gasteiger partial charge on any atom is -0.152 e. The summed E-state index contributed by atoms with van der Waals surface area (Å²) in [6.07, 6.45) is 0. The minimum absolute atomic E-state index is 1.31. The van der Waals surface area contributed by atoms with Crippen LogP contribution in [-0.4, -0.2) is 0 Å². The van der Waals surface area contributed by atoms with E-state index in [9.17, 15) is 0 Å². The summed E-state index contributed by atoms with van der Waals surface area (Å²) in [5, 5.41) is 16.9. The molecule has 0 aliphatic heterocycles. The summed E-state index contributed by atoms with van der Waals surface area (Å²) in [5.41, 5.74) is 0. The SMILES string of the molecule is S=P(c1ccsc1)(c1ccsc1)c1ccsc1. The molecule has 17 heavy (non-hydrogen) atoms. The highest BCUT2D eigenvalue weighted by Gasteiger charge is 2.25. The van der Waals surface area contributed by atoms with Crippen molar-refractivity contribution < 1.29 is 0 Å². The van der Waals surface area contributed by atoms with E-state index in [0.29, 0.717) is 0 Å². The maximum Gasteiger partial charge on any atom is 0.0403 e. The molecule has 0 fully saturated rings. The highest BCUT2D eigenvalue weighted by Crippen LogP contribution is 2.44. The summed E-state index contributed by atoms with van der Waals surface area (Å²) in [4.78, 5) is 0. The fourth-order valence-electron chi connectivity index (χ4n) is 1.76. The number of hydrogen-bond donors (Lipinski definition) is 0. The minimum atomic E-state index is -1.77. The van der Waals surface area contributed by atoms with E-state index in [1.54, 1.807) is 34.0 Å². The van der Waals surface area contributed by atoms with Gasteiger partial charge in [0.2, 0.25) is 0 Å². The van der Waals surface area contributed by atoms with Gasteiger partial charge in [-0.3, -0.25) is 0 Å². The third-order valence-corrected chi connectivity index (χ3v) is 10.1. The molecule has 0 radical (unpaired) electrons. The molecule has 3 aromatic heterocycles. The molecule has 86 valence electrons. The first kappa shape index (κ1) is 11.8. The van der Waals surface area contributed by atoms with Crippen molar-refractivity contribution in [3.8, 4) is 0 Å². The van der Waals surface area contributed by atoms with Gasteiger partial charge in [-0.1, -0.05) is 11.8 Å². The second-order valence-electron chi connectivity index (χ2n) is 3.55. The molecule has 0 aromatic carbocycles. The van der Waals surface area contributed by atoms with E-state index < -0.39 is 6.04 Å². The average Bonchev–Trinajstić information content (AvgIpc) is 3.10.